The monoisotopic (exact) mass is 307 g/mol. The van der Waals surface area contributed by atoms with Gasteiger partial charge in [0, 0.05) is 24.8 Å². The van der Waals surface area contributed by atoms with Crippen LogP contribution >= 0.6 is 0 Å². The van der Waals surface area contributed by atoms with Crippen molar-refractivity contribution in [3.8, 4) is 11.5 Å². The number of carboxylic acid groups (broad SMARTS) is 1. The minimum absolute atomic E-state index is 0.0375. The first-order chi connectivity index (χ1) is 11.1. The summed E-state index contributed by atoms with van der Waals surface area (Å²) in [4.78, 5) is 19.7. The van der Waals surface area contributed by atoms with Crippen LogP contribution < -0.4 is 0 Å². The molecule has 0 aliphatic carbocycles. The molecule has 0 radical (unpaired) electrons. The third kappa shape index (κ3) is 2.24. The zero-order chi connectivity index (χ0) is 16.0. The van der Waals surface area contributed by atoms with Crippen LogP contribution in [0.5, 0.6) is 0 Å². The molecule has 0 fully saturated rings. The molecule has 1 N–H and O–H groups in total. The van der Waals surface area contributed by atoms with Gasteiger partial charge < -0.3 is 14.1 Å². The van der Waals surface area contributed by atoms with E-state index in [0.717, 1.165) is 16.6 Å². The number of carbonyl (C=O) groups is 1. The predicted octanol–water partition coefficient (Wildman–Crippen LogP) is 3.01. The van der Waals surface area contributed by atoms with Crippen molar-refractivity contribution in [3.05, 3.63) is 48.3 Å². The van der Waals surface area contributed by atoms with Crippen molar-refractivity contribution < 1.29 is 14.3 Å². The topological polar surface area (TPSA) is 81.2 Å². The van der Waals surface area contributed by atoms with Crippen LogP contribution in [-0.2, 0) is 18.3 Å². The number of pyridine rings is 1. The van der Waals surface area contributed by atoms with Gasteiger partial charge in [-0.1, -0.05) is 6.07 Å². The number of hydrogen-bond acceptors (Lipinski definition) is 4. The summed E-state index contributed by atoms with van der Waals surface area (Å²) in [5.74, 6) is -0.365. The maximum absolute atomic E-state index is 10.8. The summed E-state index contributed by atoms with van der Waals surface area (Å²) in [6.07, 6.45) is 3.64. The number of carboxylic acids is 1. The summed E-state index contributed by atoms with van der Waals surface area (Å²) in [5.41, 5.74) is 3.70. The van der Waals surface area contributed by atoms with Crippen molar-refractivity contribution in [2.24, 2.45) is 7.05 Å². The molecular formula is C17H13N3O3. The second-order valence-electron chi connectivity index (χ2n) is 5.42. The average Bonchev–Trinajstić information content (AvgIpc) is 3.08. The molecule has 6 heteroatoms. The number of aromatic nitrogens is 3. The van der Waals surface area contributed by atoms with Crippen LogP contribution in [0.3, 0.4) is 0 Å². The maximum atomic E-state index is 10.8. The van der Waals surface area contributed by atoms with Crippen LogP contribution in [0.2, 0.25) is 0 Å². The molecule has 0 unspecified atom stereocenters. The molecule has 4 aromatic rings. The standard InChI is InChI=1S/C17H13N3O3/c1-20-9-12(11-3-2-6-18-16(11)20)17-19-13-5-4-10(8-15(21)22)7-14(13)23-17/h2-7,9H,8H2,1H3,(H,21,22). The number of nitrogens with zero attached hydrogens (tertiary/aromatic N) is 3. The second kappa shape index (κ2) is 4.95. The Bertz CT molecular complexity index is 1050. The smallest absolute Gasteiger partial charge is 0.307 e. The van der Waals surface area contributed by atoms with E-state index in [0.29, 0.717) is 22.6 Å². The molecule has 0 atom stereocenters. The second-order valence-corrected chi connectivity index (χ2v) is 5.42. The van der Waals surface area contributed by atoms with Gasteiger partial charge >= 0.3 is 5.97 Å². The first kappa shape index (κ1) is 13.5. The maximum Gasteiger partial charge on any atom is 0.307 e. The lowest BCUT2D eigenvalue weighted by Crippen LogP contribution is -1.99. The van der Waals surface area contributed by atoms with E-state index in [1.165, 1.54) is 0 Å². The van der Waals surface area contributed by atoms with E-state index in [4.69, 9.17) is 9.52 Å². The van der Waals surface area contributed by atoms with E-state index in [-0.39, 0.29) is 6.42 Å². The highest BCUT2D eigenvalue weighted by Crippen LogP contribution is 2.31. The summed E-state index contributed by atoms with van der Waals surface area (Å²) < 4.78 is 7.78. The van der Waals surface area contributed by atoms with Crippen molar-refractivity contribution >= 4 is 28.1 Å². The number of hydrogen-bond donors (Lipinski definition) is 1. The summed E-state index contributed by atoms with van der Waals surface area (Å²) in [6, 6.07) is 9.11. The summed E-state index contributed by atoms with van der Waals surface area (Å²) in [7, 11) is 1.92. The van der Waals surface area contributed by atoms with Gasteiger partial charge in [-0.15, -0.1) is 0 Å². The number of aryl methyl sites for hydroxylation is 1. The van der Waals surface area contributed by atoms with E-state index < -0.39 is 5.97 Å². The molecule has 0 aliphatic rings. The van der Waals surface area contributed by atoms with E-state index in [1.807, 2.05) is 29.9 Å². The first-order valence-corrected chi connectivity index (χ1v) is 7.13. The van der Waals surface area contributed by atoms with Crippen molar-refractivity contribution in [3.63, 3.8) is 0 Å². The summed E-state index contributed by atoms with van der Waals surface area (Å²) in [5, 5.41) is 9.85. The molecule has 0 saturated carbocycles. The van der Waals surface area contributed by atoms with Gasteiger partial charge in [-0.25, -0.2) is 9.97 Å². The molecule has 0 spiro atoms. The van der Waals surface area contributed by atoms with Gasteiger partial charge in [0.25, 0.3) is 0 Å². The normalized spacial score (nSPS) is 11.3. The van der Waals surface area contributed by atoms with Crippen molar-refractivity contribution in [2.45, 2.75) is 6.42 Å². The van der Waals surface area contributed by atoms with E-state index in [1.54, 1.807) is 24.4 Å². The largest absolute Gasteiger partial charge is 0.481 e. The third-order valence-corrected chi connectivity index (χ3v) is 3.77. The predicted molar refractivity (Wildman–Crippen MR) is 85.1 cm³/mol. The lowest BCUT2D eigenvalue weighted by molar-refractivity contribution is -0.136. The van der Waals surface area contributed by atoms with Gasteiger partial charge in [-0.3, -0.25) is 4.79 Å². The molecular weight excluding hydrogens is 294 g/mol. The number of rotatable bonds is 3. The van der Waals surface area contributed by atoms with Gasteiger partial charge in [0.1, 0.15) is 11.2 Å². The SMILES string of the molecule is Cn1cc(-c2nc3ccc(CC(=O)O)cc3o2)c2cccnc21. The number of aliphatic carboxylic acids is 1. The zero-order valence-corrected chi connectivity index (χ0v) is 12.4. The molecule has 3 aromatic heterocycles. The number of fused-ring (bicyclic) bond motifs is 2. The Kier molecular flexibility index (Phi) is 2.90. The molecule has 0 aliphatic heterocycles. The molecule has 23 heavy (non-hydrogen) atoms. The van der Waals surface area contributed by atoms with Crippen molar-refractivity contribution in [1.82, 2.24) is 14.5 Å². The van der Waals surface area contributed by atoms with E-state index in [2.05, 4.69) is 9.97 Å². The Morgan fingerprint density at radius 1 is 1.35 bits per heavy atom. The van der Waals surface area contributed by atoms with Crippen LogP contribution in [-0.4, -0.2) is 25.6 Å². The van der Waals surface area contributed by atoms with Gasteiger partial charge in [-0.05, 0) is 29.8 Å². The summed E-state index contributed by atoms with van der Waals surface area (Å²) >= 11 is 0. The Hall–Kier alpha value is -3.15. The molecule has 6 nitrogen and oxygen atoms in total. The van der Waals surface area contributed by atoms with Crippen molar-refractivity contribution in [2.75, 3.05) is 0 Å². The minimum atomic E-state index is -0.871. The fourth-order valence-corrected chi connectivity index (χ4v) is 2.75. The van der Waals surface area contributed by atoms with Crippen LogP contribution in [0.1, 0.15) is 5.56 Å². The van der Waals surface area contributed by atoms with Crippen LogP contribution in [0.4, 0.5) is 0 Å². The number of benzene rings is 1. The molecule has 0 bridgehead atoms. The minimum Gasteiger partial charge on any atom is -0.481 e. The number of oxazole rings is 1. The fourth-order valence-electron chi connectivity index (χ4n) is 2.75. The van der Waals surface area contributed by atoms with Gasteiger partial charge in [-0.2, -0.15) is 0 Å². The molecule has 4 rings (SSSR count). The first-order valence-electron chi connectivity index (χ1n) is 7.13. The van der Waals surface area contributed by atoms with E-state index in [9.17, 15) is 4.79 Å². The van der Waals surface area contributed by atoms with E-state index >= 15 is 0 Å². The average molecular weight is 307 g/mol. The highest BCUT2D eigenvalue weighted by molar-refractivity contribution is 5.93. The highest BCUT2D eigenvalue weighted by atomic mass is 16.4. The Balaban J connectivity index is 1.86. The third-order valence-electron chi connectivity index (χ3n) is 3.77. The Morgan fingerprint density at radius 3 is 3.04 bits per heavy atom. The molecule has 1 aromatic carbocycles. The zero-order valence-electron chi connectivity index (χ0n) is 12.4. The Morgan fingerprint density at radius 2 is 2.22 bits per heavy atom. The van der Waals surface area contributed by atoms with Gasteiger partial charge in [0.05, 0.1) is 12.0 Å². The Labute approximate surface area is 131 Å². The van der Waals surface area contributed by atoms with Crippen LogP contribution in [0.25, 0.3) is 33.6 Å². The van der Waals surface area contributed by atoms with Crippen molar-refractivity contribution in [1.29, 1.82) is 0 Å². The highest BCUT2D eigenvalue weighted by Gasteiger charge is 2.15. The summed E-state index contributed by atoms with van der Waals surface area (Å²) in [6.45, 7) is 0. The van der Waals surface area contributed by atoms with Gasteiger partial charge in [0.15, 0.2) is 5.58 Å². The molecule has 0 amide bonds. The lowest BCUT2D eigenvalue weighted by atomic mass is 10.1. The molecule has 114 valence electrons. The van der Waals surface area contributed by atoms with Gasteiger partial charge in [0.2, 0.25) is 5.89 Å². The van der Waals surface area contributed by atoms with Crippen LogP contribution in [0.15, 0.2) is 47.1 Å². The quantitative estimate of drug-likeness (QED) is 0.629. The fraction of sp³-hybridized carbons (Fsp3) is 0.118. The molecule has 0 saturated heterocycles. The van der Waals surface area contributed by atoms with Crippen LogP contribution in [0, 0.1) is 0 Å². The lowest BCUT2D eigenvalue weighted by Gasteiger charge is -1.94. The molecule has 3 heterocycles.